The quantitative estimate of drug-likeness (QED) is 0.743. The van der Waals surface area contributed by atoms with E-state index in [9.17, 15) is 4.79 Å². The van der Waals surface area contributed by atoms with E-state index in [1.54, 1.807) is 22.6 Å². The molecule has 1 saturated heterocycles. The van der Waals surface area contributed by atoms with Gasteiger partial charge in [0, 0.05) is 37.0 Å². The van der Waals surface area contributed by atoms with Crippen molar-refractivity contribution in [3.63, 3.8) is 0 Å². The maximum atomic E-state index is 11.6. The van der Waals surface area contributed by atoms with Gasteiger partial charge in [0.2, 0.25) is 5.91 Å². The monoisotopic (exact) mass is 226 g/mol. The molecule has 0 aliphatic carbocycles. The molecule has 6 heteroatoms. The molecule has 2 rings (SSSR count). The molecule has 1 unspecified atom stereocenters. The highest BCUT2D eigenvalue weighted by Gasteiger charge is 2.21. The minimum atomic E-state index is -0.0355. The third-order valence-electron chi connectivity index (χ3n) is 2.26. The Morgan fingerprint density at radius 2 is 2.73 bits per heavy atom. The zero-order chi connectivity index (χ0) is 10.7. The third-order valence-corrected chi connectivity index (χ3v) is 3.20. The number of aromatic nitrogens is 2. The Bertz CT molecular complexity index is 346. The van der Waals surface area contributed by atoms with Crippen molar-refractivity contribution < 1.29 is 4.79 Å². The van der Waals surface area contributed by atoms with Gasteiger partial charge in [-0.15, -0.1) is 11.8 Å². The van der Waals surface area contributed by atoms with Gasteiger partial charge in [0.15, 0.2) is 0 Å². The van der Waals surface area contributed by atoms with Crippen molar-refractivity contribution in [2.24, 2.45) is 7.05 Å². The molecular weight excluding hydrogens is 212 g/mol. The first kappa shape index (κ1) is 10.5. The van der Waals surface area contributed by atoms with Crippen LogP contribution in [0.25, 0.3) is 0 Å². The van der Waals surface area contributed by atoms with Gasteiger partial charge in [0.25, 0.3) is 0 Å². The van der Waals surface area contributed by atoms with E-state index in [-0.39, 0.29) is 11.9 Å². The van der Waals surface area contributed by atoms with E-state index in [1.807, 2.05) is 13.2 Å². The van der Waals surface area contributed by atoms with Crippen molar-refractivity contribution in [3.8, 4) is 0 Å². The number of hydrogen-bond donors (Lipinski definition) is 2. The first-order chi connectivity index (χ1) is 7.25. The van der Waals surface area contributed by atoms with E-state index < -0.39 is 0 Å². The molecular formula is C9H14N4OS. The predicted molar refractivity (Wildman–Crippen MR) is 59.3 cm³/mol. The van der Waals surface area contributed by atoms with Gasteiger partial charge >= 0.3 is 0 Å². The summed E-state index contributed by atoms with van der Waals surface area (Å²) in [6.45, 7) is 0.551. The van der Waals surface area contributed by atoms with Gasteiger partial charge < -0.3 is 5.32 Å². The highest BCUT2D eigenvalue weighted by molar-refractivity contribution is 7.99. The zero-order valence-electron chi connectivity index (χ0n) is 8.56. The van der Waals surface area contributed by atoms with Crippen molar-refractivity contribution >= 4 is 17.7 Å². The van der Waals surface area contributed by atoms with Crippen LogP contribution in [0.2, 0.25) is 0 Å². The van der Waals surface area contributed by atoms with Crippen LogP contribution in [-0.4, -0.2) is 33.4 Å². The fourth-order valence-corrected chi connectivity index (χ4v) is 2.38. The highest BCUT2D eigenvalue weighted by Crippen LogP contribution is 2.09. The van der Waals surface area contributed by atoms with Gasteiger partial charge in [-0.1, -0.05) is 0 Å². The van der Waals surface area contributed by atoms with Gasteiger partial charge in [0.1, 0.15) is 0 Å². The summed E-state index contributed by atoms with van der Waals surface area (Å²) in [4.78, 5) is 11.6. The van der Waals surface area contributed by atoms with Crippen molar-refractivity contribution in [2.75, 3.05) is 11.6 Å². The average molecular weight is 226 g/mol. The maximum Gasteiger partial charge on any atom is 0.238 e. The molecule has 2 heterocycles. The lowest BCUT2D eigenvalue weighted by atomic mass is 10.3. The molecule has 0 aromatic carbocycles. The van der Waals surface area contributed by atoms with E-state index in [1.165, 1.54) is 0 Å². The minimum Gasteiger partial charge on any atom is -0.351 e. The van der Waals surface area contributed by atoms with Gasteiger partial charge in [-0.3, -0.25) is 14.8 Å². The lowest BCUT2D eigenvalue weighted by molar-refractivity contribution is -0.122. The van der Waals surface area contributed by atoms with Crippen LogP contribution in [-0.2, 0) is 18.4 Å². The Morgan fingerprint density at radius 3 is 3.33 bits per heavy atom. The molecule has 5 nitrogen and oxygen atoms in total. The van der Waals surface area contributed by atoms with Crippen molar-refractivity contribution in [2.45, 2.75) is 12.6 Å². The zero-order valence-corrected chi connectivity index (χ0v) is 9.38. The normalized spacial score (nSPS) is 20.5. The lowest BCUT2D eigenvalue weighted by Gasteiger charge is -2.09. The van der Waals surface area contributed by atoms with Crippen LogP contribution in [0.4, 0.5) is 0 Å². The maximum absolute atomic E-state index is 11.6. The number of carbonyl (C=O) groups is 1. The number of rotatable bonds is 3. The van der Waals surface area contributed by atoms with Gasteiger partial charge in [-0.2, -0.15) is 5.10 Å². The molecule has 1 atom stereocenters. The molecule has 0 saturated carbocycles. The average Bonchev–Trinajstić information content (AvgIpc) is 2.84. The number of carbonyl (C=O) groups excluding carboxylic acids is 1. The molecule has 82 valence electrons. The number of amides is 1. The summed E-state index contributed by atoms with van der Waals surface area (Å²) in [6.07, 6.45) is 3.66. The van der Waals surface area contributed by atoms with Crippen molar-refractivity contribution in [1.82, 2.24) is 20.4 Å². The molecule has 0 bridgehead atoms. The molecule has 1 amide bonds. The second-order valence-electron chi connectivity index (χ2n) is 3.51. The fraction of sp³-hybridized carbons (Fsp3) is 0.556. The molecule has 1 aromatic heterocycles. The van der Waals surface area contributed by atoms with E-state index >= 15 is 0 Å². The molecule has 2 N–H and O–H groups in total. The Kier molecular flexibility index (Phi) is 3.27. The Balaban J connectivity index is 1.80. The Morgan fingerprint density at radius 1 is 1.87 bits per heavy atom. The van der Waals surface area contributed by atoms with E-state index in [2.05, 4.69) is 15.7 Å². The fourth-order valence-electron chi connectivity index (χ4n) is 1.44. The van der Waals surface area contributed by atoms with Crippen LogP contribution in [0, 0.1) is 0 Å². The molecule has 15 heavy (non-hydrogen) atoms. The van der Waals surface area contributed by atoms with E-state index in [0.717, 1.165) is 17.2 Å². The Labute approximate surface area is 92.6 Å². The molecule has 0 radical (unpaired) electrons. The second kappa shape index (κ2) is 4.67. The van der Waals surface area contributed by atoms with Crippen LogP contribution < -0.4 is 10.6 Å². The van der Waals surface area contributed by atoms with Crippen LogP contribution in [0.5, 0.6) is 0 Å². The van der Waals surface area contributed by atoms with Crippen LogP contribution in [0.1, 0.15) is 5.56 Å². The third kappa shape index (κ3) is 2.73. The number of nitrogens with one attached hydrogen (secondary N) is 2. The first-order valence-corrected chi connectivity index (χ1v) is 5.97. The number of aryl methyl sites for hydroxylation is 1. The Hall–Kier alpha value is -1.01. The SMILES string of the molecule is Cn1cc(CNC(=O)C2CSCN2)cn1. The standard InChI is InChI=1S/C9H14N4OS/c1-13-4-7(3-12-13)2-10-9(14)8-5-15-6-11-8/h3-4,8,11H,2,5-6H2,1H3,(H,10,14). The van der Waals surface area contributed by atoms with Crippen LogP contribution >= 0.6 is 11.8 Å². The largest absolute Gasteiger partial charge is 0.351 e. The van der Waals surface area contributed by atoms with Crippen molar-refractivity contribution in [3.05, 3.63) is 18.0 Å². The molecule has 1 aliphatic heterocycles. The summed E-state index contributed by atoms with van der Waals surface area (Å²) >= 11 is 1.75. The summed E-state index contributed by atoms with van der Waals surface area (Å²) < 4.78 is 1.73. The van der Waals surface area contributed by atoms with Gasteiger partial charge in [-0.25, -0.2) is 0 Å². The topological polar surface area (TPSA) is 59.0 Å². The number of nitrogens with zero attached hydrogens (tertiary/aromatic N) is 2. The smallest absolute Gasteiger partial charge is 0.238 e. The summed E-state index contributed by atoms with van der Waals surface area (Å²) in [6, 6.07) is -0.0355. The van der Waals surface area contributed by atoms with Crippen LogP contribution in [0.3, 0.4) is 0 Å². The summed E-state index contributed by atoms with van der Waals surface area (Å²) in [5.41, 5.74) is 1.02. The summed E-state index contributed by atoms with van der Waals surface area (Å²) in [5, 5.41) is 10.1. The number of thioether (sulfide) groups is 1. The highest BCUT2D eigenvalue weighted by atomic mass is 32.2. The molecule has 0 spiro atoms. The lowest BCUT2D eigenvalue weighted by Crippen LogP contribution is -2.41. The first-order valence-electron chi connectivity index (χ1n) is 4.82. The molecule has 1 fully saturated rings. The van der Waals surface area contributed by atoms with Crippen molar-refractivity contribution in [1.29, 1.82) is 0 Å². The van der Waals surface area contributed by atoms with E-state index in [0.29, 0.717) is 6.54 Å². The summed E-state index contributed by atoms with van der Waals surface area (Å²) in [5.74, 6) is 1.80. The van der Waals surface area contributed by atoms with E-state index in [4.69, 9.17) is 0 Å². The second-order valence-corrected chi connectivity index (χ2v) is 4.54. The summed E-state index contributed by atoms with van der Waals surface area (Å²) in [7, 11) is 1.86. The van der Waals surface area contributed by atoms with Gasteiger partial charge in [0.05, 0.1) is 12.2 Å². The number of hydrogen-bond acceptors (Lipinski definition) is 4. The molecule has 1 aliphatic rings. The predicted octanol–water partition coefficient (Wildman–Crippen LogP) is -0.301. The molecule has 1 aromatic rings. The van der Waals surface area contributed by atoms with Gasteiger partial charge in [-0.05, 0) is 0 Å². The van der Waals surface area contributed by atoms with Crippen LogP contribution in [0.15, 0.2) is 12.4 Å². The minimum absolute atomic E-state index is 0.0355.